The zero-order chi connectivity index (χ0) is 17.1. The first kappa shape index (κ1) is 17.9. The minimum absolute atomic E-state index is 0.253. The van der Waals surface area contributed by atoms with Gasteiger partial charge in [0, 0.05) is 6.07 Å². The van der Waals surface area contributed by atoms with Gasteiger partial charge in [0.1, 0.15) is 6.10 Å². The highest BCUT2D eigenvalue weighted by atomic mass is 19.4. The molecule has 2 atom stereocenters. The van der Waals surface area contributed by atoms with E-state index >= 15 is 0 Å². The Morgan fingerprint density at radius 3 is 2.45 bits per heavy atom. The largest absolute Gasteiger partial charge is 0.469 e. The summed E-state index contributed by atoms with van der Waals surface area (Å²) in [5.74, 6) is -0.888. The minimum Gasteiger partial charge on any atom is -0.469 e. The molecule has 22 heavy (non-hydrogen) atoms. The molecule has 1 aromatic carbocycles. The summed E-state index contributed by atoms with van der Waals surface area (Å²) < 4.78 is 41.9. The third kappa shape index (κ3) is 4.15. The number of hydrogen-bond acceptors (Lipinski definition) is 6. The first-order valence-electron chi connectivity index (χ1n) is 5.86. The van der Waals surface area contributed by atoms with Gasteiger partial charge >= 0.3 is 12.1 Å². The SMILES string of the molecule is COC(=O)CC(O)C(O)c1ccc(C(F)(F)F)cc1[N+](=O)[O-]. The summed E-state index contributed by atoms with van der Waals surface area (Å²) >= 11 is 0. The van der Waals surface area contributed by atoms with Gasteiger partial charge in [-0.05, 0) is 12.1 Å². The molecule has 122 valence electrons. The highest BCUT2D eigenvalue weighted by Crippen LogP contribution is 2.35. The van der Waals surface area contributed by atoms with Gasteiger partial charge in [0.25, 0.3) is 5.69 Å². The van der Waals surface area contributed by atoms with Crippen LogP contribution in [0.5, 0.6) is 0 Å². The van der Waals surface area contributed by atoms with Gasteiger partial charge in [0.15, 0.2) is 0 Å². The smallest absolute Gasteiger partial charge is 0.416 e. The Balaban J connectivity index is 3.18. The molecule has 0 amide bonds. The maximum Gasteiger partial charge on any atom is 0.416 e. The molecule has 2 unspecified atom stereocenters. The number of carbonyl (C=O) groups is 1. The number of alkyl halides is 3. The predicted molar refractivity (Wildman–Crippen MR) is 65.7 cm³/mol. The lowest BCUT2D eigenvalue weighted by atomic mass is 9.98. The van der Waals surface area contributed by atoms with E-state index < -0.39 is 52.5 Å². The summed E-state index contributed by atoms with van der Waals surface area (Å²) in [5, 5.41) is 30.3. The lowest BCUT2D eigenvalue weighted by molar-refractivity contribution is -0.386. The van der Waals surface area contributed by atoms with Gasteiger partial charge in [-0.15, -0.1) is 0 Å². The van der Waals surface area contributed by atoms with Gasteiger partial charge in [-0.3, -0.25) is 14.9 Å². The number of aliphatic hydroxyl groups excluding tert-OH is 2. The van der Waals surface area contributed by atoms with Crippen molar-refractivity contribution in [1.29, 1.82) is 0 Å². The summed E-state index contributed by atoms with van der Waals surface area (Å²) in [7, 11) is 1.03. The van der Waals surface area contributed by atoms with E-state index in [1.807, 2.05) is 0 Å². The molecule has 0 aliphatic heterocycles. The zero-order valence-electron chi connectivity index (χ0n) is 11.2. The van der Waals surface area contributed by atoms with E-state index in [4.69, 9.17) is 0 Å². The molecule has 0 aromatic heterocycles. The van der Waals surface area contributed by atoms with Crippen LogP contribution in [0.2, 0.25) is 0 Å². The van der Waals surface area contributed by atoms with Crippen molar-refractivity contribution in [1.82, 2.24) is 0 Å². The Morgan fingerprint density at radius 2 is 2.00 bits per heavy atom. The van der Waals surface area contributed by atoms with E-state index in [0.29, 0.717) is 12.1 Å². The molecule has 0 aliphatic rings. The second-order valence-electron chi connectivity index (χ2n) is 4.32. The van der Waals surface area contributed by atoms with Crippen molar-refractivity contribution in [2.75, 3.05) is 7.11 Å². The summed E-state index contributed by atoms with van der Waals surface area (Å²) in [6.45, 7) is 0. The number of halogens is 3. The van der Waals surface area contributed by atoms with Crippen molar-refractivity contribution >= 4 is 11.7 Å². The van der Waals surface area contributed by atoms with Crippen molar-refractivity contribution in [3.8, 4) is 0 Å². The van der Waals surface area contributed by atoms with Crippen LogP contribution in [0.15, 0.2) is 18.2 Å². The number of nitrogens with zero attached hydrogens (tertiary/aromatic N) is 1. The summed E-state index contributed by atoms with van der Waals surface area (Å²) in [6, 6.07) is 1.48. The Hall–Kier alpha value is -2.20. The van der Waals surface area contributed by atoms with E-state index in [-0.39, 0.29) is 6.07 Å². The number of nitro groups is 1. The van der Waals surface area contributed by atoms with Crippen LogP contribution in [0, 0.1) is 10.1 Å². The molecule has 10 heteroatoms. The number of hydrogen-bond donors (Lipinski definition) is 2. The number of aliphatic hydroxyl groups is 2. The first-order chi connectivity index (χ1) is 10.1. The summed E-state index contributed by atoms with van der Waals surface area (Å²) in [6.07, 6.45) is -9.14. The molecular weight excluding hydrogens is 311 g/mol. The van der Waals surface area contributed by atoms with Crippen LogP contribution >= 0.6 is 0 Å². The zero-order valence-corrected chi connectivity index (χ0v) is 11.2. The summed E-state index contributed by atoms with van der Waals surface area (Å²) in [5.41, 5.74) is -2.81. The molecule has 0 saturated carbocycles. The molecule has 0 heterocycles. The van der Waals surface area contributed by atoms with E-state index in [1.54, 1.807) is 0 Å². The normalized spacial score (nSPS) is 14.3. The monoisotopic (exact) mass is 323 g/mol. The van der Waals surface area contributed by atoms with Crippen LogP contribution in [-0.2, 0) is 15.7 Å². The lowest BCUT2D eigenvalue weighted by Gasteiger charge is -2.18. The van der Waals surface area contributed by atoms with Crippen LogP contribution in [0.3, 0.4) is 0 Å². The van der Waals surface area contributed by atoms with Gasteiger partial charge < -0.3 is 14.9 Å². The minimum atomic E-state index is -4.79. The number of nitro benzene ring substituents is 1. The van der Waals surface area contributed by atoms with Crippen molar-refractivity contribution in [2.45, 2.75) is 24.8 Å². The van der Waals surface area contributed by atoms with Crippen molar-refractivity contribution in [2.24, 2.45) is 0 Å². The quantitative estimate of drug-likeness (QED) is 0.483. The number of carbonyl (C=O) groups excluding carboxylic acids is 1. The van der Waals surface area contributed by atoms with Gasteiger partial charge in [0.2, 0.25) is 0 Å². The molecular formula is C12H12F3NO6. The van der Waals surface area contributed by atoms with E-state index in [0.717, 1.165) is 7.11 Å². The van der Waals surface area contributed by atoms with Crippen molar-refractivity contribution in [3.05, 3.63) is 39.4 Å². The molecule has 0 saturated heterocycles. The highest BCUT2D eigenvalue weighted by Gasteiger charge is 2.35. The molecule has 0 fully saturated rings. The number of methoxy groups -OCH3 is 1. The predicted octanol–water partition coefficient (Wildman–Crippen LogP) is 1.57. The second kappa shape index (κ2) is 6.71. The average Bonchev–Trinajstić information content (AvgIpc) is 2.44. The highest BCUT2D eigenvalue weighted by molar-refractivity contribution is 5.70. The molecule has 7 nitrogen and oxygen atoms in total. The Kier molecular flexibility index (Phi) is 5.44. The van der Waals surface area contributed by atoms with Crippen LogP contribution in [0.4, 0.5) is 18.9 Å². The molecule has 1 rings (SSSR count). The number of rotatable bonds is 5. The van der Waals surface area contributed by atoms with Gasteiger partial charge in [0.05, 0.1) is 35.7 Å². The number of ether oxygens (including phenoxy) is 1. The van der Waals surface area contributed by atoms with E-state index in [2.05, 4.69) is 4.74 Å². The van der Waals surface area contributed by atoms with Crippen molar-refractivity contribution < 1.29 is 37.8 Å². The van der Waals surface area contributed by atoms with Gasteiger partial charge in [-0.25, -0.2) is 0 Å². The molecule has 2 N–H and O–H groups in total. The standard InChI is InChI=1S/C12H12F3NO6/c1-22-10(18)5-9(17)11(19)7-3-2-6(12(13,14)15)4-8(7)16(20)21/h2-4,9,11,17,19H,5H2,1H3. The van der Waals surface area contributed by atoms with Gasteiger partial charge in [-0.2, -0.15) is 13.2 Å². The Labute approximate surface area is 122 Å². The number of benzene rings is 1. The van der Waals surface area contributed by atoms with Gasteiger partial charge in [-0.1, -0.05) is 0 Å². The fourth-order valence-electron chi connectivity index (χ4n) is 1.70. The fourth-order valence-corrected chi connectivity index (χ4v) is 1.70. The van der Waals surface area contributed by atoms with E-state index in [1.165, 1.54) is 0 Å². The maximum atomic E-state index is 12.5. The third-order valence-electron chi connectivity index (χ3n) is 2.84. The third-order valence-corrected chi connectivity index (χ3v) is 2.84. The van der Waals surface area contributed by atoms with E-state index in [9.17, 15) is 38.3 Å². The Bertz CT molecular complexity index is 574. The fraction of sp³-hybridized carbons (Fsp3) is 0.417. The van der Waals surface area contributed by atoms with Crippen LogP contribution in [0.25, 0.3) is 0 Å². The Morgan fingerprint density at radius 1 is 1.41 bits per heavy atom. The van der Waals surface area contributed by atoms with Crippen LogP contribution < -0.4 is 0 Å². The molecule has 1 aromatic rings. The molecule has 0 aliphatic carbocycles. The summed E-state index contributed by atoms with van der Waals surface area (Å²) in [4.78, 5) is 20.7. The number of esters is 1. The van der Waals surface area contributed by atoms with Crippen molar-refractivity contribution in [3.63, 3.8) is 0 Å². The second-order valence-corrected chi connectivity index (χ2v) is 4.32. The maximum absolute atomic E-state index is 12.5. The molecule has 0 radical (unpaired) electrons. The van der Waals surface area contributed by atoms with Crippen LogP contribution in [-0.4, -0.2) is 34.3 Å². The first-order valence-corrected chi connectivity index (χ1v) is 5.86. The molecule has 0 spiro atoms. The molecule has 0 bridgehead atoms. The van der Waals surface area contributed by atoms with Crippen LogP contribution in [0.1, 0.15) is 23.7 Å². The lowest BCUT2D eigenvalue weighted by Crippen LogP contribution is -2.23. The topological polar surface area (TPSA) is 110 Å². The average molecular weight is 323 g/mol.